The van der Waals surface area contributed by atoms with Crippen LogP contribution in [0.3, 0.4) is 0 Å². The lowest BCUT2D eigenvalue weighted by Crippen LogP contribution is -2.23. The first-order chi connectivity index (χ1) is 11.1. The quantitative estimate of drug-likeness (QED) is 0.849. The number of carbonyl (C=O) groups is 1. The van der Waals surface area contributed by atoms with Gasteiger partial charge in [-0.3, -0.25) is 4.79 Å². The lowest BCUT2D eigenvalue weighted by Gasteiger charge is -2.19. The zero-order valence-corrected chi connectivity index (χ0v) is 13.9. The van der Waals surface area contributed by atoms with Gasteiger partial charge in [-0.2, -0.15) is 0 Å². The van der Waals surface area contributed by atoms with E-state index in [0.717, 1.165) is 34.5 Å². The molecule has 122 valence electrons. The van der Waals surface area contributed by atoms with Crippen LogP contribution in [-0.4, -0.2) is 33.9 Å². The van der Waals surface area contributed by atoms with Gasteiger partial charge < -0.3 is 19.8 Å². The summed E-state index contributed by atoms with van der Waals surface area (Å²) < 4.78 is 13.3. The third-order valence-corrected chi connectivity index (χ3v) is 4.78. The molecule has 3 rings (SSSR count). The van der Waals surface area contributed by atoms with Gasteiger partial charge in [0, 0.05) is 12.1 Å². The number of primary amides is 1. The summed E-state index contributed by atoms with van der Waals surface area (Å²) in [6.45, 7) is 5.71. The van der Waals surface area contributed by atoms with Crippen LogP contribution in [0.1, 0.15) is 13.8 Å². The molecule has 0 unspecified atom stereocenters. The average Bonchev–Trinajstić information content (AvgIpc) is 2.96. The van der Waals surface area contributed by atoms with Crippen LogP contribution in [0.25, 0.3) is 11.3 Å². The molecule has 0 saturated carbocycles. The maximum atomic E-state index is 11.3. The summed E-state index contributed by atoms with van der Waals surface area (Å²) in [4.78, 5) is 15.7. The van der Waals surface area contributed by atoms with E-state index >= 15 is 0 Å². The highest BCUT2D eigenvalue weighted by molar-refractivity contribution is 8.00. The van der Waals surface area contributed by atoms with Gasteiger partial charge >= 0.3 is 0 Å². The van der Waals surface area contributed by atoms with Crippen molar-refractivity contribution in [2.24, 2.45) is 5.73 Å². The summed E-state index contributed by atoms with van der Waals surface area (Å²) in [6.07, 6.45) is 1.81. The van der Waals surface area contributed by atoms with Crippen LogP contribution in [0.5, 0.6) is 11.5 Å². The van der Waals surface area contributed by atoms with E-state index in [1.54, 1.807) is 6.92 Å². The van der Waals surface area contributed by atoms with Crippen molar-refractivity contribution in [2.45, 2.75) is 30.8 Å². The average molecular weight is 333 g/mol. The van der Waals surface area contributed by atoms with Crippen LogP contribution in [0, 0.1) is 0 Å². The SMILES string of the molecule is CCn1c(-c2ccc3c(c2)OCCO3)cnc1S[C@H](C)C(N)=O. The van der Waals surface area contributed by atoms with E-state index in [-0.39, 0.29) is 11.2 Å². The minimum atomic E-state index is -0.346. The smallest absolute Gasteiger partial charge is 0.230 e. The molecule has 1 amide bonds. The molecular formula is C16H19N3O3S. The number of hydrogen-bond acceptors (Lipinski definition) is 5. The highest BCUT2D eigenvalue weighted by atomic mass is 32.2. The molecular weight excluding hydrogens is 314 g/mol. The van der Waals surface area contributed by atoms with Crippen LogP contribution in [0.15, 0.2) is 29.6 Å². The van der Waals surface area contributed by atoms with Gasteiger partial charge in [-0.05, 0) is 32.0 Å². The monoisotopic (exact) mass is 333 g/mol. The standard InChI is InChI=1S/C16H19N3O3S/c1-3-19-12(9-18-16(19)23-10(2)15(17)20)11-4-5-13-14(8-11)22-7-6-21-13/h4-5,8-10H,3,6-7H2,1-2H3,(H2,17,20)/t10-/m1/s1. The van der Waals surface area contributed by atoms with Gasteiger partial charge in [0.05, 0.1) is 17.1 Å². The Hall–Kier alpha value is -2.15. The van der Waals surface area contributed by atoms with Crippen LogP contribution in [0.4, 0.5) is 0 Å². The highest BCUT2D eigenvalue weighted by Crippen LogP contribution is 2.36. The van der Waals surface area contributed by atoms with Crippen LogP contribution >= 0.6 is 11.8 Å². The molecule has 1 aliphatic heterocycles. The minimum Gasteiger partial charge on any atom is -0.486 e. The normalized spacial score (nSPS) is 14.5. The summed E-state index contributed by atoms with van der Waals surface area (Å²) in [5, 5.41) is 0.458. The molecule has 2 N–H and O–H groups in total. The number of carbonyl (C=O) groups excluding carboxylic acids is 1. The second-order valence-electron chi connectivity index (χ2n) is 5.19. The van der Waals surface area contributed by atoms with Gasteiger partial charge in [0.25, 0.3) is 0 Å². The van der Waals surface area contributed by atoms with E-state index in [2.05, 4.69) is 9.55 Å². The molecule has 0 radical (unpaired) electrons. The van der Waals surface area contributed by atoms with Crippen molar-refractivity contribution >= 4 is 17.7 Å². The summed E-state index contributed by atoms with van der Waals surface area (Å²) in [7, 11) is 0. The van der Waals surface area contributed by atoms with Crippen molar-refractivity contribution in [3.63, 3.8) is 0 Å². The Kier molecular flexibility index (Phi) is 4.47. The number of thioether (sulfide) groups is 1. The number of fused-ring (bicyclic) bond motifs is 1. The first-order valence-corrected chi connectivity index (χ1v) is 8.39. The first kappa shape index (κ1) is 15.7. The molecule has 2 aromatic rings. The Labute approximate surface area is 139 Å². The topological polar surface area (TPSA) is 79.4 Å². The van der Waals surface area contributed by atoms with Crippen molar-refractivity contribution in [2.75, 3.05) is 13.2 Å². The summed E-state index contributed by atoms with van der Waals surface area (Å²) in [6, 6.07) is 5.86. The van der Waals surface area contributed by atoms with E-state index in [1.807, 2.05) is 31.3 Å². The summed E-state index contributed by atoms with van der Waals surface area (Å²) >= 11 is 1.37. The van der Waals surface area contributed by atoms with E-state index in [9.17, 15) is 4.79 Å². The molecule has 7 heteroatoms. The molecule has 0 spiro atoms. The molecule has 0 aliphatic carbocycles. The number of nitrogens with zero attached hydrogens (tertiary/aromatic N) is 2. The number of aromatic nitrogens is 2. The Morgan fingerprint density at radius 3 is 2.83 bits per heavy atom. The lowest BCUT2D eigenvalue weighted by molar-refractivity contribution is -0.117. The number of ether oxygens (including phenoxy) is 2. The molecule has 1 aromatic carbocycles. The number of amides is 1. The van der Waals surface area contributed by atoms with E-state index in [1.165, 1.54) is 11.8 Å². The van der Waals surface area contributed by atoms with Crippen LogP contribution in [-0.2, 0) is 11.3 Å². The Bertz CT molecular complexity index is 729. The van der Waals surface area contributed by atoms with Crippen LogP contribution < -0.4 is 15.2 Å². The lowest BCUT2D eigenvalue weighted by atomic mass is 10.1. The second-order valence-corrected chi connectivity index (χ2v) is 6.50. The molecule has 1 atom stereocenters. The molecule has 2 heterocycles. The van der Waals surface area contributed by atoms with Crippen molar-refractivity contribution in [1.29, 1.82) is 0 Å². The Morgan fingerprint density at radius 1 is 1.39 bits per heavy atom. The third-order valence-electron chi connectivity index (χ3n) is 3.66. The predicted molar refractivity (Wildman–Crippen MR) is 88.8 cm³/mol. The van der Waals surface area contributed by atoms with Crippen molar-refractivity contribution < 1.29 is 14.3 Å². The zero-order valence-electron chi connectivity index (χ0n) is 13.1. The van der Waals surface area contributed by atoms with Gasteiger partial charge in [-0.1, -0.05) is 11.8 Å². The van der Waals surface area contributed by atoms with E-state index in [4.69, 9.17) is 15.2 Å². The number of hydrogen-bond donors (Lipinski definition) is 1. The van der Waals surface area contributed by atoms with Gasteiger partial charge in [0.1, 0.15) is 13.2 Å². The van der Waals surface area contributed by atoms with Crippen LogP contribution in [0.2, 0.25) is 0 Å². The molecule has 0 bridgehead atoms. The van der Waals surface area contributed by atoms with Crippen molar-refractivity contribution in [3.8, 4) is 22.8 Å². The van der Waals surface area contributed by atoms with E-state index in [0.29, 0.717) is 13.2 Å². The fraction of sp³-hybridized carbons (Fsp3) is 0.375. The van der Waals surface area contributed by atoms with Gasteiger partial charge in [-0.15, -0.1) is 0 Å². The largest absolute Gasteiger partial charge is 0.486 e. The summed E-state index contributed by atoms with van der Waals surface area (Å²) in [5.74, 6) is 1.17. The zero-order chi connectivity index (χ0) is 16.4. The third kappa shape index (κ3) is 3.14. The number of nitrogens with two attached hydrogens (primary N) is 1. The Morgan fingerprint density at radius 2 is 2.13 bits per heavy atom. The number of imidazole rings is 1. The van der Waals surface area contributed by atoms with Crippen molar-refractivity contribution in [1.82, 2.24) is 9.55 Å². The minimum absolute atomic E-state index is 0.323. The number of benzene rings is 1. The molecule has 0 fully saturated rings. The Balaban J connectivity index is 1.94. The second kappa shape index (κ2) is 6.54. The fourth-order valence-corrected chi connectivity index (χ4v) is 3.31. The van der Waals surface area contributed by atoms with Gasteiger partial charge in [0.15, 0.2) is 16.7 Å². The molecule has 1 aliphatic rings. The highest BCUT2D eigenvalue weighted by Gasteiger charge is 2.19. The van der Waals surface area contributed by atoms with Gasteiger partial charge in [-0.25, -0.2) is 4.98 Å². The van der Waals surface area contributed by atoms with Gasteiger partial charge in [0.2, 0.25) is 5.91 Å². The van der Waals surface area contributed by atoms with Crippen molar-refractivity contribution in [3.05, 3.63) is 24.4 Å². The molecule has 0 saturated heterocycles. The first-order valence-electron chi connectivity index (χ1n) is 7.51. The maximum Gasteiger partial charge on any atom is 0.230 e. The summed E-state index contributed by atoms with van der Waals surface area (Å²) in [5.41, 5.74) is 7.32. The maximum absolute atomic E-state index is 11.3. The number of rotatable bonds is 5. The predicted octanol–water partition coefficient (Wildman–Crippen LogP) is 2.31. The molecule has 6 nitrogen and oxygen atoms in total. The molecule has 23 heavy (non-hydrogen) atoms. The molecule has 1 aromatic heterocycles. The fourth-order valence-electron chi connectivity index (χ4n) is 2.41. The van der Waals surface area contributed by atoms with E-state index < -0.39 is 0 Å².